The van der Waals surface area contributed by atoms with E-state index in [4.69, 9.17) is 26.6 Å². The summed E-state index contributed by atoms with van der Waals surface area (Å²) in [5.74, 6) is -4.03. The summed E-state index contributed by atoms with van der Waals surface area (Å²) in [4.78, 5) is 50.0. The predicted molar refractivity (Wildman–Crippen MR) is 155 cm³/mol. The van der Waals surface area contributed by atoms with Gasteiger partial charge in [-0.1, -0.05) is 0 Å². The molecule has 0 unspecified atom stereocenters. The molecule has 0 spiro atoms. The van der Waals surface area contributed by atoms with Crippen LogP contribution in [0, 0.1) is 0 Å². The number of nitrogens with one attached hydrogen (secondary N) is 2. The lowest BCUT2D eigenvalue weighted by Crippen LogP contribution is -2.43. The Labute approximate surface area is 245 Å². The lowest BCUT2D eigenvalue weighted by Gasteiger charge is -2.24. The highest BCUT2D eigenvalue weighted by atomic mass is 28.4. The van der Waals surface area contributed by atoms with Crippen molar-refractivity contribution in [2.45, 2.75) is 24.9 Å². The van der Waals surface area contributed by atoms with Gasteiger partial charge in [-0.15, -0.1) is 0 Å². The number of hydrogen-bond acceptors (Lipinski definition) is 10. The van der Waals surface area contributed by atoms with Crippen molar-refractivity contribution in [1.29, 1.82) is 0 Å². The minimum absolute atomic E-state index is 0.153. The van der Waals surface area contributed by atoms with Crippen LogP contribution in [0.2, 0.25) is 12.1 Å². The average molecular weight is 627 g/mol. The molecule has 2 rings (SSSR count). The zero-order valence-electron chi connectivity index (χ0n) is 24.5. The standard InChI is InChI=1S/C26H38N2O12Si2/c1-35-41(36-2,37-3)11-7-9-27-23(29)19-13-17-16-22(26(33)34)20(14-18(17)15-21(19)25(31)32)24(30)28-10-8-12-42(38-4,39-5)40-6/h13-16H,7-12H2,1-6H3,(H,27,29)(H,28,30)(H,31,32)(H,33,34). The van der Waals surface area contributed by atoms with Crippen LogP contribution in [-0.4, -0.2) is 107 Å². The molecule has 232 valence electrons. The zero-order chi connectivity index (χ0) is 31.5. The number of carbonyl (C=O) groups excluding carboxylic acids is 2. The molecule has 0 saturated heterocycles. The molecule has 42 heavy (non-hydrogen) atoms. The van der Waals surface area contributed by atoms with Gasteiger partial charge in [0.25, 0.3) is 11.8 Å². The van der Waals surface area contributed by atoms with E-state index in [1.165, 1.54) is 66.9 Å². The molecule has 4 N–H and O–H groups in total. The number of carbonyl (C=O) groups is 4. The average Bonchev–Trinajstić information content (AvgIpc) is 3.00. The molecule has 0 aliphatic heterocycles. The molecule has 0 saturated carbocycles. The lowest BCUT2D eigenvalue weighted by molar-refractivity contribution is 0.0682. The van der Waals surface area contributed by atoms with Gasteiger partial charge < -0.3 is 47.4 Å². The first kappa shape index (κ1) is 35.0. The molecule has 0 heterocycles. The Kier molecular flexibility index (Phi) is 13.2. The van der Waals surface area contributed by atoms with E-state index in [-0.39, 0.29) is 46.1 Å². The maximum atomic E-state index is 13.0. The summed E-state index contributed by atoms with van der Waals surface area (Å²) in [7, 11) is 3.18. The van der Waals surface area contributed by atoms with Crippen LogP contribution in [0.3, 0.4) is 0 Å². The van der Waals surface area contributed by atoms with Gasteiger partial charge in [0.2, 0.25) is 0 Å². The number of benzene rings is 2. The predicted octanol–water partition coefficient (Wildman–Crippen LogP) is 2.23. The highest BCUT2D eigenvalue weighted by molar-refractivity contribution is 6.60. The van der Waals surface area contributed by atoms with Crippen molar-refractivity contribution in [2.24, 2.45) is 0 Å². The first-order chi connectivity index (χ1) is 20.0. The molecule has 0 atom stereocenters. The fourth-order valence-electron chi connectivity index (χ4n) is 4.40. The van der Waals surface area contributed by atoms with Crippen molar-refractivity contribution in [3.63, 3.8) is 0 Å². The Morgan fingerprint density at radius 3 is 1.12 bits per heavy atom. The molecular formula is C26H38N2O12Si2. The van der Waals surface area contributed by atoms with Crippen LogP contribution in [0.5, 0.6) is 0 Å². The van der Waals surface area contributed by atoms with Crippen molar-refractivity contribution >= 4 is 52.1 Å². The van der Waals surface area contributed by atoms with Crippen LogP contribution in [0.1, 0.15) is 54.3 Å². The van der Waals surface area contributed by atoms with Crippen LogP contribution in [0.4, 0.5) is 0 Å². The molecule has 2 aromatic carbocycles. The number of rotatable bonds is 18. The molecule has 0 aromatic heterocycles. The number of amides is 2. The number of hydrogen-bond donors (Lipinski definition) is 4. The fraction of sp³-hybridized carbons (Fsp3) is 0.462. The van der Waals surface area contributed by atoms with E-state index in [1.54, 1.807) is 0 Å². The maximum absolute atomic E-state index is 13.0. The highest BCUT2D eigenvalue weighted by Crippen LogP contribution is 2.25. The van der Waals surface area contributed by atoms with Crippen molar-refractivity contribution < 1.29 is 55.9 Å². The molecule has 2 amide bonds. The summed E-state index contributed by atoms with van der Waals surface area (Å²) in [6.45, 7) is 0.367. The Balaban J connectivity index is 2.29. The largest absolute Gasteiger partial charge is 0.500 e. The van der Waals surface area contributed by atoms with Gasteiger partial charge in [0.1, 0.15) is 0 Å². The number of fused-ring (bicyclic) bond motifs is 1. The molecular weight excluding hydrogens is 588 g/mol. The second-order valence-electron chi connectivity index (χ2n) is 9.06. The summed E-state index contributed by atoms with van der Waals surface area (Å²) in [5.41, 5.74) is -0.911. The van der Waals surface area contributed by atoms with E-state index in [2.05, 4.69) is 10.6 Å². The quantitative estimate of drug-likeness (QED) is 0.140. The van der Waals surface area contributed by atoms with Gasteiger partial charge in [0, 0.05) is 67.8 Å². The normalized spacial score (nSPS) is 11.9. The van der Waals surface area contributed by atoms with E-state index < -0.39 is 41.4 Å². The van der Waals surface area contributed by atoms with E-state index >= 15 is 0 Å². The van der Waals surface area contributed by atoms with Crippen molar-refractivity contribution in [2.75, 3.05) is 55.7 Å². The van der Waals surface area contributed by atoms with E-state index in [9.17, 15) is 29.4 Å². The van der Waals surface area contributed by atoms with Crippen molar-refractivity contribution in [1.82, 2.24) is 10.6 Å². The third-order valence-corrected chi connectivity index (χ3v) is 12.5. The molecule has 0 aliphatic rings. The summed E-state index contributed by atoms with van der Waals surface area (Å²) < 4.78 is 32.1. The minimum Gasteiger partial charge on any atom is -0.478 e. The number of carboxylic acids is 2. The lowest BCUT2D eigenvalue weighted by atomic mass is 9.95. The molecule has 2 aromatic rings. The second-order valence-corrected chi connectivity index (χ2v) is 15.2. The summed E-state index contributed by atoms with van der Waals surface area (Å²) in [5, 5.41) is 25.5. The van der Waals surface area contributed by atoms with Gasteiger partial charge in [-0.25, -0.2) is 9.59 Å². The van der Waals surface area contributed by atoms with Crippen LogP contribution < -0.4 is 10.6 Å². The van der Waals surface area contributed by atoms with Gasteiger partial charge in [-0.3, -0.25) is 9.59 Å². The molecule has 16 heteroatoms. The van der Waals surface area contributed by atoms with E-state index in [1.807, 2.05) is 0 Å². The molecule has 14 nitrogen and oxygen atoms in total. The first-order valence-electron chi connectivity index (χ1n) is 12.9. The summed E-state index contributed by atoms with van der Waals surface area (Å²) in [6, 6.07) is 5.91. The van der Waals surface area contributed by atoms with Crippen LogP contribution in [0.15, 0.2) is 24.3 Å². The maximum Gasteiger partial charge on any atom is 0.500 e. The Hall–Kier alpha value is -3.23. The third-order valence-electron chi connectivity index (χ3n) is 6.82. The third kappa shape index (κ3) is 8.42. The monoisotopic (exact) mass is 626 g/mol. The smallest absolute Gasteiger partial charge is 0.478 e. The Morgan fingerprint density at radius 2 is 0.857 bits per heavy atom. The van der Waals surface area contributed by atoms with Crippen LogP contribution >= 0.6 is 0 Å². The fourth-order valence-corrected chi connectivity index (χ4v) is 7.84. The van der Waals surface area contributed by atoms with E-state index in [0.717, 1.165) is 0 Å². The van der Waals surface area contributed by atoms with E-state index in [0.29, 0.717) is 24.9 Å². The SMILES string of the molecule is CO[Si](CCCNC(=O)c1cc2cc(C(=O)O)c(C(=O)NCCC[Si](OC)(OC)OC)cc2cc1C(=O)O)(OC)OC. The highest BCUT2D eigenvalue weighted by Gasteiger charge is 2.37. The molecule has 0 aliphatic carbocycles. The zero-order valence-corrected chi connectivity index (χ0v) is 26.5. The molecule has 0 radical (unpaired) electrons. The molecule has 0 bridgehead atoms. The van der Waals surface area contributed by atoms with Gasteiger partial charge >= 0.3 is 29.5 Å². The van der Waals surface area contributed by atoms with Gasteiger partial charge in [-0.05, 0) is 47.9 Å². The molecule has 0 fully saturated rings. The van der Waals surface area contributed by atoms with Crippen molar-refractivity contribution in [3.05, 3.63) is 46.5 Å². The Morgan fingerprint density at radius 1 is 0.571 bits per heavy atom. The first-order valence-corrected chi connectivity index (χ1v) is 16.8. The van der Waals surface area contributed by atoms with Gasteiger partial charge in [0.05, 0.1) is 22.3 Å². The summed E-state index contributed by atoms with van der Waals surface area (Å²) in [6.07, 6.45) is 0.882. The Bertz CT molecular complexity index is 1170. The summed E-state index contributed by atoms with van der Waals surface area (Å²) >= 11 is 0. The van der Waals surface area contributed by atoms with Gasteiger partial charge in [-0.2, -0.15) is 0 Å². The number of carboxylic acid groups (broad SMARTS) is 2. The van der Waals surface area contributed by atoms with Crippen molar-refractivity contribution in [3.8, 4) is 0 Å². The van der Waals surface area contributed by atoms with Gasteiger partial charge in [0.15, 0.2) is 0 Å². The van der Waals surface area contributed by atoms with Crippen LogP contribution in [0.25, 0.3) is 10.8 Å². The second kappa shape index (κ2) is 15.8. The van der Waals surface area contributed by atoms with Crippen LogP contribution in [-0.2, 0) is 26.6 Å². The number of aromatic carboxylic acids is 2. The topological polar surface area (TPSA) is 188 Å². The minimum atomic E-state index is -2.84.